The van der Waals surface area contributed by atoms with Crippen molar-refractivity contribution in [3.8, 4) is 0 Å². The van der Waals surface area contributed by atoms with Gasteiger partial charge in [0.05, 0.1) is 0 Å². The predicted octanol–water partition coefficient (Wildman–Crippen LogP) is 1.69. The van der Waals surface area contributed by atoms with Gasteiger partial charge in [0.15, 0.2) is 0 Å². The van der Waals surface area contributed by atoms with E-state index in [-0.39, 0.29) is 5.91 Å². The normalized spacial score (nSPS) is 19.8. The van der Waals surface area contributed by atoms with E-state index in [0.717, 1.165) is 5.56 Å². The molecule has 1 aromatic rings. The van der Waals surface area contributed by atoms with E-state index in [1.54, 1.807) is 0 Å². The summed E-state index contributed by atoms with van der Waals surface area (Å²) in [7, 11) is 0. The molecular formula is C12H14N2O2. The maximum absolute atomic E-state index is 11.4. The summed E-state index contributed by atoms with van der Waals surface area (Å²) in [5, 5.41) is 4.78. The third kappa shape index (κ3) is 1.91. The fourth-order valence-corrected chi connectivity index (χ4v) is 1.72. The van der Waals surface area contributed by atoms with Crippen LogP contribution >= 0.6 is 0 Å². The average Bonchev–Trinajstić information content (AvgIpc) is 2.58. The standard InChI is InChI=1S/C12H14N2O2/c1-7(2)8-3-5-9(6-4-8)10-11(15)14-12(16)13-10/h3-7,10H,1-2H3,(H2,13,14,15,16)/t10-/m1/s1. The second-order valence-electron chi connectivity index (χ2n) is 4.22. The van der Waals surface area contributed by atoms with Gasteiger partial charge in [-0.1, -0.05) is 38.1 Å². The van der Waals surface area contributed by atoms with Gasteiger partial charge in [0.25, 0.3) is 5.91 Å². The molecule has 0 unspecified atom stereocenters. The fraction of sp³-hybridized carbons (Fsp3) is 0.333. The number of hydrogen-bond donors (Lipinski definition) is 2. The molecule has 2 rings (SSSR count). The SMILES string of the molecule is CC(C)c1ccc([C@H]2NC(=O)NC2=O)cc1. The molecule has 0 aromatic heterocycles. The molecule has 16 heavy (non-hydrogen) atoms. The summed E-state index contributed by atoms with van der Waals surface area (Å²) in [6.45, 7) is 4.22. The highest BCUT2D eigenvalue weighted by molar-refractivity contribution is 6.04. The lowest BCUT2D eigenvalue weighted by Crippen LogP contribution is -2.22. The largest absolute Gasteiger partial charge is 0.322 e. The predicted molar refractivity (Wildman–Crippen MR) is 59.9 cm³/mol. The number of urea groups is 1. The van der Waals surface area contributed by atoms with E-state index in [1.165, 1.54) is 5.56 Å². The van der Waals surface area contributed by atoms with E-state index in [4.69, 9.17) is 0 Å². The van der Waals surface area contributed by atoms with Crippen LogP contribution in [0.2, 0.25) is 0 Å². The first-order chi connectivity index (χ1) is 7.58. The average molecular weight is 218 g/mol. The minimum atomic E-state index is -0.547. The first kappa shape index (κ1) is 10.7. The molecule has 0 bridgehead atoms. The molecule has 2 N–H and O–H groups in total. The summed E-state index contributed by atoms with van der Waals surface area (Å²) in [6, 6.07) is 6.75. The van der Waals surface area contributed by atoms with Crippen molar-refractivity contribution in [1.82, 2.24) is 10.6 Å². The minimum absolute atomic E-state index is 0.290. The van der Waals surface area contributed by atoms with Crippen molar-refractivity contribution >= 4 is 11.9 Å². The lowest BCUT2D eigenvalue weighted by atomic mass is 9.99. The second-order valence-corrected chi connectivity index (χ2v) is 4.22. The molecule has 0 radical (unpaired) electrons. The van der Waals surface area contributed by atoms with Gasteiger partial charge in [-0.25, -0.2) is 4.79 Å². The number of hydrogen-bond acceptors (Lipinski definition) is 2. The highest BCUT2D eigenvalue weighted by atomic mass is 16.2. The lowest BCUT2D eigenvalue weighted by molar-refractivity contribution is -0.120. The number of rotatable bonds is 2. The molecule has 1 heterocycles. The summed E-state index contributed by atoms with van der Waals surface area (Å²) < 4.78 is 0. The molecule has 1 aliphatic heterocycles. The van der Waals surface area contributed by atoms with E-state index in [0.29, 0.717) is 5.92 Å². The van der Waals surface area contributed by atoms with Gasteiger partial charge >= 0.3 is 6.03 Å². The van der Waals surface area contributed by atoms with Crippen molar-refractivity contribution in [3.63, 3.8) is 0 Å². The molecule has 1 aliphatic rings. The zero-order chi connectivity index (χ0) is 11.7. The van der Waals surface area contributed by atoms with Crippen LogP contribution in [0.15, 0.2) is 24.3 Å². The Labute approximate surface area is 94.0 Å². The Bertz CT molecular complexity index is 423. The molecule has 0 saturated carbocycles. The van der Waals surface area contributed by atoms with Crippen LogP contribution < -0.4 is 10.6 Å². The number of benzene rings is 1. The first-order valence-electron chi connectivity index (χ1n) is 5.29. The maximum atomic E-state index is 11.4. The van der Waals surface area contributed by atoms with Gasteiger partial charge in [-0.05, 0) is 17.0 Å². The maximum Gasteiger partial charge on any atom is 0.322 e. The zero-order valence-corrected chi connectivity index (χ0v) is 9.28. The topological polar surface area (TPSA) is 58.2 Å². The Kier molecular flexibility index (Phi) is 2.64. The van der Waals surface area contributed by atoms with Crippen LogP contribution in [-0.2, 0) is 4.79 Å². The van der Waals surface area contributed by atoms with Crippen LogP contribution in [0.3, 0.4) is 0 Å². The highest BCUT2D eigenvalue weighted by Crippen LogP contribution is 2.20. The van der Waals surface area contributed by atoms with Crippen molar-refractivity contribution in [2.45, 2.75) is 25.8 Å². The number of carbonyl (C=O) groups is 2. The van der Waals surface area contributed by atoms with Crippen LogP contribution in [0.5, 0.6) is 0 Å². The fourth-order valence-electron chi connectivity index (χ4n) is 1.72. The molecule has 4 heteroatoms. The molecule has 4 nitrogen and oxygen atoms in total. The van der Waals surface area contributed by atoms with E-state index >= 15 is 0 Å². The molecule has 84 valence electrons. The quantitative estimate of drug-likeness (QED) is 0.742. The van der Waals surface area contributed by atoms with Crippen LogP contribution in [0.25, 0.3) is 0 Å². The zero-order valence-electron chi connectivity index (χ0n) is 9.28. The summed E-state index contributed by atoms with van der Waals surface area (Å²) in [4.78, 5) is 22.4. The molecule has 1 saturated heterocycles. The molecule has 0 spiro atoms. The van der Waals surface area contributed by atoms with Crippen molar-refractivity contribution in [2.75, 3.05) is 0 Å². The highest BCUT2D eigenvalue weighted by Gasteiger charge is 2.30. The van der Waals surface area contributed by atoms with E-state index in [9.17, 15) is 9.59 Å². The van der Waals surface area contributed by atoms with Crippen molar-refractivity contribution in [1.29, 1.82) is 0 Å². The number of amides is 3. The molecular weight excluding hydrogens is 204 g/mol. The van der Waals surface area contributed by atoms with E-state index < -0.39 is 12.1 Å². The van der Waals surface area contributed by atoms with Crippen LogP contribution in [0, 0.1) is 0 Å². The van der Waals surface area contributed by atoms with E-state index in [2.05, 4.69) is 24.5 Å². The Morgan fingerprint density at radius 2 is 1.75 bits per heavy atom. The summed E-state index contributed by atoms with van der Waals surface area (Å²) in [5.41, 5.74) is 2.03. The molecule has 1 atom stereocenters. The Hall–Kier alpha value is -1.84. The summed E-state index contributed by atoms with van der Waals surface area (Å²) in [6.07, 6.45) is 0. The van der Waals surface area contributed by atoms with Crippen molar-refractivity contribution in [3.05, 3.63) is 35.4 Å². The molecule has 0 aliphatic carbocycles. The van der Waals surface area contributed by atoms with Crippen LogP contribution in [0.4, 0.5) is 4.79 Å². The van der Waals surface area contributed by atoms with Crippen LogP contribution in [-0.4, -0.2) is 11.9 Å². The number of carbonyl (C=O) groups excluding carboxylic acids is 2. The summed E-state index contributed by atoms with van der Waals surface area (Å²) in [5.74, 6) is 0.170. The second kappa shape index (κ2) is 3.96. The molecule has 3 amide bonds. The van der Waals surface area contributed by atoms with Gasteiger partial charge in [-0.15, -0.1) is 0 Å². The third-order valence-electron chi connectivity index (χ3n) is 2.71. The Morgan fingerprint density at radius 1 is 1.12 bits per heavy atom. The lowest BCUT2D eigenvalue weighted by Gasteiger charge is -2.10. The van der Waals surface area contributed by atoms with Gasteiger partial charge in [0.1, 0.15) is 6.04 Å². The van der Waals surface area contributed by atoms with Gasteiger partial charge in [0.2, 0.25) is 0 Å². The minimum Gasteiger partial charge on any atom is -0.322 e. The Balaban J connectivity index is 2.22. The van der Waals surface area contributed by atoms with Crippen molar-refractivity contribution < 1.29 is 9.59 Å². The first-order valence-corrected chi connectivity index (χ1v) is 5.29. The smallest absolute Gasteiger partial charge is 0.322 e. The molecule has 1 fully saturated rings. The van der Waals surface area contributed by atoms with E-state index in [1.807, 2.05) is 24.3 Å². The summed E-state index contributed by atoms with van der Waals surface area (Å²) >= 11 is 0. The Morgan fingerprint density at radius 3 is 2.19 bits per heavy atom. The van der Waals surface area contributed by atoms with Gasteiger partial charge in [0, 0.05) is 0 Å². The van der Waals surface area contributed by atoms with Crippen LogP contribution in [0.1, 0.15) is 36.9 Å². The number of imide groups is 1. The third-order valence-corrected chi connectivity index (χ3v) is 2.71. The number of nitrogens with one attached hydrogen (secondary N) is 2. The van der Waals surface area contributed by atoms with Crippen molar-refractivity contribution in [2.24, 2.45) is 0 Å². The van der Waals surface area contributed by atoms with Gasteiger partial charge in [-0.3, -0.25) is 10.1 Å². The monoisotopic (exact) mass is 218 g/mol. The molecule has 1 aromatic carbocycles. The van der Waals surface area contributed by atoms with Gasteiger partial charge in [-0.2, -0.15) is 0 Å². The van der Waals surface area contributed by atoms with Gasteiger partial charge < -0.3 is 5.32 Å².